The van der Waals surface area contributed by atoms with Crippen molar-refractivity contribution in [3.05, 3.63) is 21.9 Å². The molecule has 14 heavy (non-hydrogen) atoms. The molecule has 0 aliphatic rings. The summed E-state index contributed by atoms with van der Waals surface area (Å²) in [5, 5.41) is 11.8. The number of aryl methyl sites for hydroxylation is 1. The lowest BCUT2D eigenvalue weighted by Crippen LogP contribution is -2.36. The summed E-state index contributed by atoms with van der Waals surface area (Å²) < 4.78 is 0. The summed E-state index contributed by atoms with van der Waals surface area (Å²) in [6, 6.07) is 1.84. The lowest BCUT2D eigenvalue weighted by molar-refractivity contribution is 0.0278. The minimum atomic E-state index is -1.17. The van der Waals surface area contributed by atoms with Crippen molar-refractivity contribution in [1.29, 1.82) is 0 Å². The van der Waals surface area contributed by atoms with Crippen molar-refractivity contribution < 1.29 is 9.90 Å². The lowest BCUT2D eigenvalue weighted by atomic mass is 9.89. The zero-order valence-corrected chi connectivity index (χ0v) is 9.65. The fraction of sp³-hybridized carbons (Fsp3) is 0.545. The largest absolute Gasteiger partial charge is 0.382 e. The number of thiophene rings is 1. The quantitative estimate of drug-likeness (QED) is 0.779. The number of carbonyl (C=O) groups excluding carboxylic acids is 1. The number of hydrogen-bond acceptors (Lipinski definition) is 3. The summed E-state index contributed by atoms with van der Waals surface area (Å²) in [4.78, 5) is 13.0. The Bertz CT molecular complexity index is 324. The highest BCUT2D eigenvalue weighted by molar-refractivity contribution is 7.10. The van der Waals surface area contributed by atoms with Crippen LogP contribution in [0.4, 0.5) is 0 Å². The molecule has 1 aromatic rings. The van der Waals surface area contributed by atoms with Gasteiger partial charge in [0, 0.05) is 15.8 Å². The van der Waals surface area contributed by atoms with E-state index >= 15 is 0 Å². The van der Waals surface area contributed by atoms with Gasteiger partial charge in [-0.2, -0.15) is 0 Å². The lowest BCUT2D eigenvalue weighted by Gasteiger charge is -2.22. The fourth-order valence-electron chi connectivity index (χ4n) is 1.40. The molecule has 0 aromatic carbocycles. The molecular weight excluding hydrogens is 196 g/mol. The van der Waals surface area contributed by atoms with Gasteiger partial charge in [-0.3, -0.25) is 4.79 Å². The van der Waals surface area contributed by atoms with Crippen molar-refractivity contribution in [2.24, 2.45) is 0 Å². The van der Waals surface area contributed by atoms with E-state index in [-0.39, 0.29) is 5.78 Å². The van der Waals surface area contributed by atoms with Crippen LogP contribution in [0.1, 0.15) is 41.9 Å². The molecule has 0 atom stereocenters. The molecular formula is C11H16O2S. The summed E-state index contributed by atoms with van der Waals surface area (Å²) in [6.45, 7) is 5.62. The van der Waals surface area contributed by atoms with Gasteiger partial charge in [0.25, 0.3) is 0 Å². The van der Waals surface area contributed by atoms with Crippen LogP contribution in [0, 0.1) is 6.92 Å². The van der Waals surface area contributed by atoms with Crippen LogP contribution in [0.5, 0.6) is 0 Å². The Balaban J connectivity index is 2.94. The Morgan fingerprint density at radius 1 is 1.50 bits per heavy atom. The molecule has 0 amide bonds. The first-order valence-electron chi connectivity index (χ1n) is 4.85. The molecule has 0 unspecified atom stereocenters. The average Bonchev–Trinajstić information content (AvgIpc) is 2.62. The molecule has 1 rings (SSSR count). The van der Waals surface area contributed by atoms with Gasteiger partial charge in [0.05, 0.1) is 0 Å². The van der Waals surface area contributed by atoms with Gasteiger partial charge in [0.15, 0.2) is 5.78 Å². The summed E-state index contributed by atoms with van der Waals surface area (Å²) in [6.07, 6.45) is 0.939. The minimum absolute atomic E-state index is 0.146. The zero-order valence-electron chi connectivity index (χ0n) is 8.83. The van der Waals surface area contributed by atoms with Crippen molar-refractivity contribution in [2.45, 2.75) is 39.2 Å². The van der Waals surface area contributed by atoms with E-state index < -0.39 is 5.60 Å². The molecule has 0 radical (unpaired) electrons. The third-order valence-electron chi connectivity index (χ3n) is 2.59. The predicted molar refractivity (Wildman–Crippen MR) is 58.9 cm³/mol. The van der Waals surface area contributed by atoms with Crippen LogP contribution in [0.3, 0.4) is 0 Å². The highest BCUT2D eigenvalue weighted by Gasteiger charge is 2.32. The average molecular weight is 212 g/mol. The molecule has 0 bridgehead atoms. The standard InChI is InChI=1S/C11H16O2S/c1-4-11(13,5-2)10(12)9-6-8(3)14-7-9/h6-7,13H,4-5H2,1-3H3. The van der Waals surface area contributed by atoms with Crippen molar-refractivity contribution in [3.63, 3.8) is 0 Å². The van der Waals surface area contributed by atoms with Crippen LogP contribution in [-0.2, 0) is 0 Å². The van der Waals surface area contributed by atoms with Gasteiger partial charge in [-0.1, -0.05) is 13.8 Å². The molecule has 1 heterocycles. The van der Waals surface area contributed by atoms with Crippen molar-refractivity contribution >= 4 is 17.1 Å². The summed E-state index contributed by atoms with van der Waals surface area (Å²) in [7, 11) is 0. The van der Waals surface area contributed by atoms with Gasteiger partial charge in [-0.25, -0.2) is 0 Å². The van der Waals surface area contributed by atoms with Crippen LogP contribution in [0.2, 0.25) is 0 Å². The molecule has 3 heteroatoms. The van der Waals surface area contributed by atoms with Crippen molar-refractivity contribution in [1.82, 2.24) is 0 Å². The fourth-order valence-corrected chi connectivity index (χ4v) is 2.09. The third-order valence-corrected chi connectivity index (χ3v) is 3.45. The molecule has 0 saturated heterocycles. The number of rotatable bonds is 4. The van der Waals surface area contributed by atoms with E-state index in [0.717, 1.165) is 4.88 Å². The van der Waals surface area contributed by atoms with Gasteiger partial charge < -0.3 is 5.11 Å². The van der Waals surface area contributed by atoms with E-state index in [2.05, 4.69) is 0 Å². The number of ketones is 1. The Morgan fingerprint density at radius 3 is 2.43 bits per heavy atom. The molecule has 1 aromatic heterocycles. The van der Waals surface area contributed by atoms with E-state index in [1.807, 2.05) is 32.2 Å². The maximum absolute atomic E-state index is 11.9. The number of carbonyl (C=O) groups is 1. The van der Waals surface area contributed by atoms with E-state index in [4.69, 9.17) is 0 Å². The maximum atomic E-state index is 11.9. The van der Waals surface area contributed by atoms with Crippen LogP contribution in [-0.4, -0.2) is 16.5 Å². The Hall–Kier alpha value is -0.670. The maximum Gasteiger partial charge on any atom is 0.195 e. The highest BCUT2D eigenvalue weighted by Crippen LogP contribution is 2.23. The van der Waals surface area contributed by atoms with Crippen LogP contribution in [0.25, 0.3) is 0 Å². The Labute approximate surface area is 88.6 Å². The van der Waals surface area contributed by atoms with Crippen LogP contribution < -0.4 is 0 Å². The monoisotopic (exact) mass is 212 g/mol. The first kappa shape index (κ1) is 11.4. The molecule has 0 spiro atoms. The van der Waals surface area contributed by atoms with Crippen molar-refractivity contribution in [2.75, 3.05) is 0 Å². The van der Waals surface area contributed by atoms with Crippen molar-refractivity contribution in [3.8, 4) is 0 Å². The number of aliphatic hydroxyl groups is 1. The van der Waals surface area contributed by atoms with Gasteiger partial charge >= 0.3 is 0 Å². The van der Waals surface area contributed by atoms with Gasteiger partial charge in [-0.05, 0) is 25.8 Å². The van der Waals surface area contributed by atoms with Crippen LogP contribution in [0.15, 0.2) is 11.4 Å². The summed E-state index contributed by atoms with van der Waals surface area (Å²) in [5.74, 6) is -0.146. The zero-order chi connectivity index (χ0) is 10.8. The minimum Gasteiger partial charge on any atom is -0.382 e. The highest BCUT2D eigenvalue weighted by atomic mass is 32.1. The molecule has 2 nitrogen and oxygen atoms in total. The van der Waals surface area contributed by atoms with E-state index in [9.17, 15) is 9.90 Å². The summed E-state index contributed by atoms with van der Waals surface area (Å²) >= 11 is 1.54. The topological polar surface area (TPSA) is 37.3 Å². The van der Waals surface area contributed by atoms with Gasteiger partial charge in [0.1, 0.15) is 5.60 Å². The number of Topliss-reactive ketones (excluding diaryl/α,β-unsaturated/α-hetero) is 1. The second-order valence-corrected chi connectivity index (χ2v) is 4.63. The molecule has 1 N–H and O–H groups in total. The first-order valence-corrected chi connectivity index (χ1v) is 5.73. The predicted octanol–water partition coefficient (Wildman–Crippen LogP) is 2.79. The van der Waals surface area contributed by atoms with E-state index in [1.165, 1.54) is 11.3 Å². The van der Waals surface area contributed by atoms with Gasteiger partial charge in [0.2, 0.25) is 0 Å². The Morgan fingerprint density at radius 2 is 2.07 bits per heavy atom. The molecule has 0 aliphatic heterocycles. The molecule has 78 valence electrons. The Kier molecular flexibility index (Phi) is 3.45. The smallest absolute Gasteiger partial charge is 0.195 e. The normalized spacial score (nSPS) is 11.7. The first-order chi connectivity index (χ1) is 6.53. The summed E-state index contributed by atoms with van der Waals surface area (Å²) in [5.41, 5.74) is -0.535. The molecule has 0 fully saturated rings. The van der Waals surface area contributed by atoms with Gasteiger partial charge in [-0.15, -0.1) is 11.3 Å². The SMILES string of the molecule is CCC(O)(CC)C(=O)c1csc(C)c1. The third kappa shape index (κ3) is 2.04. The molecule has 0 saturated carbocycles. The van der Waals surface area contributed by atoms with Crippen LogP contribution >= 0.6 is 11.3 Å². The van der Waals surface area contributed by atoms with E-state index in [1.54, 1.807) is 0 Å². The van der Waals surface area contributed by atoms with E-state index in [0.29, 0.717) is 18.4 Å². The molecule has 0 aliphatic carbocycles. The number of hydrogen-bond donors (Lipinski definition) is 1. The second kappa shape index (κ2) is 4.24. The second-order valence-electron chi connectivity index (χ2n) is 3.51.